The van der Waals surface area contributed by atoms with Crippen LogP contribution in [0.4, 0.5) is 11.4 Å². The van der Waals surface area contributed by atoms with E-state index >= 15 is 0 Å². The fourth-order valence-electron chi connectivity index (χ4n) is 1.66. The molecule has 1 amide bonds. The number of nitrogens with zero attached hydrogens (tertiary/aromatic N) is 1. The molecular formula is C15H10BrClN2O6. The minimum absolute atomic E-state index is 0.00262. The van der Waals surface area contributed by atoms with E-state index in [1.165, 1.54) is 18.2 Å². The maximum Gasteiger partial charge on any atom is 0.331 e. The first-order chi connectivity index (χ1) is 11.8. The van der Waals surface area contributed by atoms with Gasteiger partial charge in [-0.3, -0.25) is 14.9 Å². The van der Waals surface area contributed by atoms with Gasteiger partial charge in [-0.2, -0.15) is 0 Å². The highest BCUT2D eigenvalue weighted by Crippen LogP contribution is 2.26. The second kappa shape index (κ2) is 8.45. The topological polar surface area (TPSA) is 112 Å². The van der Waals surface area contributed by atoms with Gasteiger partial charge in [-0.05, 0) is 40.2 Å². The highest BCUT2D eigenvalue weighted by Gasteiger charge is 2.12. The number of esters is 1. The van der Waals surface area contributed by atoms with Crippen LogP contribution < -0.4 is 5.32 Å². The van der Waals surface area contributed by atoms with Gasteiger partial charge >= 0.3 is 5.97 Å². The van der Waals surface area contributed by atoms with Crippen LogP contribution in [-0.4, -0.2) is 23.4 Å². The molecule has 25 heavy (non-hydrogen) atoms. The predicted octanol–water partition coefficient (Wildman–Crippen LogP) is 3.80. The molecule has 2 aromatic rings. The van der Waals surface area contributed by atoms with E-state index in [4.69, 9.17) is 20.8 Å². The Balaban J connectivity index is 1.85. The quantitative estimate of drug-likeness (QED) is 0.323. The molecule has 0 bridgehead atoms. The lowest BCUT2D eigenvalue weighted by molar-refractivity contribution is -0.384. The summed E-state index contributed by atoms with van der Waals surface area (Å²) in [5.41, 5.74) is -0.0339. The summed E-state index contributed by atoms with van der Waals surface area (Å²) in [5, 5.41) is 13.0. The lowest BCUT2D eigenvalue weighted by Crippen LogP contribution is -2.20. The van der Waals surface area contributed by atoms with E-state index < -0.39 is 23.4 Å². The number of ether oxygens (including phenoxy) is 1. The Hall–Kier alpha value is -2.65. The third-order valence-electron chi connectivity index (χ3n) is 2.76. The summed E-state index contributed by atoms with van der Waals surface area (Å²) in [6.45, 7) is -0.543. The Morgan fingerprint density at radius 3 is 2.72 bits per heavy atom. The summed E-state index contributed by atoms with van der Waals surface area (Å²) < 4.78 is 10.4. The molecule has 0 aliphatic rings. The first kappa shape index (κ1) is 18.7. The molecule has 0 atom stereocenters. The van der Waals surface area contributed by atoms with E-state index in [0.29, 0.717) is 10.4 Å². The van der Waals surface area contributed by atoms with Gasteiger partial charge in [-0.15, -0.1) is 0 Å². The second-order valence-electron chi connectivity index (χ2n) is 4.55. The maximum absolute atomic E-state index is 11.7. The van der Waals surface area contributed by atoms with E-state index in [1.807, 2.05) is 0 Å². The Morgan fingerprint density at radius 2 is 2.12 bits per heavy atom. The van der Waals surface area contributed by atoms with Gasteiger partial charge in [-0.1, -0.05) is 11.6 Å². The van der Waals surface area contributed by atoms with Crippen molar-refractivity contribution in [2.24, 2.45) is 0 Å². The fraction of sp³-hybridized carbons (Fsp3) is 0.0667. The summed E-state index contributed by atoms with van der Waals surface area (Å²) in [4.78, 5) is 33.3. The zero-order valence-corrected chi connectivity index (χ0v) is 14.7. The SMILES string of the molecule is O=C(COC(=O)C=Cc1ccc(Br)o1)Nc1ccc([N+](=O)[O-])cc1Cl. The predicted molar refractivity (Wildman–Crippen MR) is 93.1 cm³/mol. The molecule has 0 aliphatic carbocycles. The smallest absolute Gasteiger partial charge is 0.331 e. The van der Waals surface area contributed by atoms with Crippen LogP contribution in [0.3, 0.4) is 0 Å². The third kappa shape index (κ3) is 5.73. The number of benzene rings is 1. The van der Waals surface area contributed by atoms with Crippen LogP contribution in [0.5, 0.6) is 0 Å². The Labute approximate surface area is 154 Å². The van der Waals surface area contributed by atoms with Crippen molar-refractivity contribution in [1.82, 2.24) is 0 Å². The minimum Gasteiger partial charge on any atom is -0.452 e. The van der Waals surface area contributed by atoms with E-state index in [2.05, 4.69) is 21.2 Å². The van der Waals surface area contributed by atoms with E-state index in [1.54, 1.807) is 12.1 Å². The average Bonchev–Trinajstić information content (AvgIpc) is 2.98. The maximum atomic E-state index is 11.7. The van der Waals surface area contributed by atoms with Crippen molar-refractivity contribution in [1.29, 1.82) is 0 Å². The van der Waals surface area contributed by atoms with Gasteiger partial charge < -0.3 is 14.5 Å². The first-order valence-electron chi connectivity index (χ1n) is 6.69. The van der Waals surface area contributed by atoms with Crippen LogP contribution in [0.2, 0.25) is 5.02 Å². The molecule has 1 aromatic carbocycles. The molecule has 8 nitrogen and oxygen atoms in total. The number of anilines is 1. The second-order valence-corrected chi connectivity index (χ2v) is 5.74. The van der Waals surface area contributed by atoms with Crippen molar-refractivity contribution in [2.45, 2.75) is 0 Å². The number of rotatable bonds is 6. The monoisotopic (exact) mass is 428 g/mol. The molecule has 0 radical (unpaired) electrons. The normalized spacial score (nSPS) is 10.6. The third-order valence-corrected chi connectivity index (χ3v) is 3.50. The summed E-state index contributed by atoms with van der Waals surface area (Å²) >= 11 is 8.97. The Morgan fingerprint density at radius 1 is 1.36 bits per heavy atom. The fourth-order valence-corrected chi connectivity index (χ4v) is 2.20. The molecule has 0 unspecified atom stereocenters. The van der Waals surface area contributed by atoms with Crippen LogP contribution in [0.1, 0.15) is 5.76 Å². The Bertz CT molecular complexity index is 848. The van der Waals surface area contributed by atoms with E-state index in [0.717, 1.165) is 12.1 Å². The van der Waals surface area contributed by atoms with Crippen LogP contribution in [0.15, 0.2) is 45.5 Å². The largest absolute Gasteiger partial charge is 0.452 e. The number of nitro groups is 1. The molecular weight excluding hydrogens is 420 g/mol. The number of nitro benzene ring substituents is 1. The number of halogens is 2. The summed E-state index contributed by atoms with van der Waals surface area (Å²) in [6, 6.07) is 6.88. The van der Waals surface area contributed by atoms with Gasteiger partial charge in [0, 0.05) is 18.2 Å². The van der Waals surface area contributed by atoms with E-state index in [-0.39, 0.29) is 16.4 Å². The number of carbonyl (C=O) groups is 2. The molecule has 130 valence electrons. The number of hydrogen-bond donors (Lipinski definition) is 1. The van der Waals surface area contributed by atoms with Gasteiger partial charge in [0.05, 0.1) is 15.6 Å². The number of carbonyl (C=O) groups excluding carboxylic acids is 2. The highest BCUT2D eigenvalue weighted by molar-refractivity contribution is 9.10. The Kier molecular flexibility index (Phi) is 6.31. The number of nitrogens with one attached hydrogen (secondary N) is 1. The van der Waals surface area contributed by atoms with Crippen molar-refractivity contribution < 1.29 is 23.7 Å². The average molecular weight is 430 g/mol. The van der Waals surface area contributed by atoms with Crippen LogP contribution >= 0.6 is 27.5 Å². The standard InChI is InChI=1S/C15H10BrClN2O6/c16-13-5-2-10(25-13)3-6-15(21)24-8-14(20)18-12-4-1-9(19(22)23)7-11(12)17/h1-7H,8H2,(H,18,20). The van der Waals surface area contributed by atoms with Crippen molar-refractivity contribution in [3.63, 3.8) is 0 Å². The van der Waals surface area contributed by atoms with Crippen LogP contribution in [0, 0.1) is 10.1 Å². The van der Waals surface area contributed by atoms with Gasteiger partial charge in [0.15, 0.2) is 11.3 Å². The molecule has 10 heteroatoms. The molecule has 1 N–H and O–H groups in total. The van der Waals surface area contributed by atoms with Gasteiger partial charge in [0.1, 0.15) is 5.76 Å². The number of amides is 1. The molecule has 0 fully saturated rings. The molecule has 0 saturated carbocycles. The molecule has 0 aliphatic heterocycles. The minimum atomic E-state index is -0.738. The van der Waals surface area contributed by atoms with E-state index in [9.17, 15) is 19.7 Å². The van der Waals surface area contributed by atoms with Crippen LogP contribution in [-0.2, 0) is 14.3 Å². The van der Waals surface area contributed by atoms with Crippen molar-refractivity contribution in [2.75, 3.05) is 11.9 Å². The molecule has 0 spiro atoms. The lowest BCUT2D eigenvalue weighted by Gasteiger charge is -2.07. The molecule has 1 heterocycles. The number of furan rings is 1. The van der Waals surface area contributed by atoms with Crippen molar-refractivity contribution in [3.05, 3.63) is 62.0 Å². The molecule has 1 aromatic heterocycles. The summed E-state index contributed by atoms with van der Waals surface area (Å²) in [7, 11) is 0. The van der Waals surface area contributed by atoms with Gasteiger partial charge in [0.25, 0.3) is 11.6 Å². The van der Waals surface area contributed by atoms with Gasteiger partial charge in [-0.25, -0.2) is 4.79 Å². The molecule has 0 saturated heterocycles. The molecule has 2 rings (SSSR count). The van der Waals surface area contributed by atoms with Crippen molar-refractivity contribution >= 4 is 56.9 Å². The first-order valence-corrected chi connectivity index (χ1v) is 7.86. The summed E-state index contributed by atoms with van der Waals surface area (Å²) in [5.74, 6) is -0.943. The van der Waals surface area contributed by atoms with Crippen LogP contribution in [0.25, 0.3) is 6.08 Å². The zero-order chi connectivity index (χ0) is 18.4. The van der Waals surface area contributed by atoms with Crippen molar-refractivity contribution in [3.8, 4) is 0 Å². The summed E-state index contributed by atoms with van der Waals surface area (Å²) in [6.07, 6.45) is 2.50. The van der Waals surface area contributed by atoms with Gasteiger partial charge in [0.2, 0.25) is 0 Å². The zero-order valence-electron chi connectivity index (χ0n) is 12.4. The lowest BCUT2D eigenvalue weighted by atomic mass is 10.3. The number of non-ortho nitro benzene ring substituents is 1. The highest BCUT2D eigenvalue weighted by atomic mass is 79.9. The number of hydrogen-bond acceptors (Lipinski definition) is 6.